The van der Waals surface area contributed by atoms with Crippen LogP contribution in [0.3, 0.4) is 0 Å². The van der Waals surface area contributed by atoms with E-state index in [2.05, 4.69) is 31.3 Å². The average Bonchev–Trinajstić information content (AvgIpc) is 3.38. The summed E-state index contributed by atoms with van der Waals surface area (Å²) in [6.45, 7) is 3.50. The summed E-state index contributed by atoms with van der Waals surface area (Å²) in [7, 11) is 0. The number of amides is 1. The predicted molar refractivity (Wildman–Crippen MR) is 298 cm³/mol. The molecule has 1 aliphatic rings. The number of hydrogen-bond donors (Lipinski definition) is 8. The number of aliphatic hydroxyl groups excluding tert-OH is 7. The molecule has 1 heterocycles. The van der Waals surface area contributed by atoms with E-state index in [4.69, 9.17) is 9.47 Å². The highest BCUT2D eigenvalue weighted by Crippen LogP contribution is 2.24. The van der Waals surface area contributed by atoms with Crippen molar-refractivity contribution in [1.29, 1.82) is 0 Å². The Labute approximate surface area is 442 Å². The Balaban J connectivity index is 2.25. The van der Waals surface area contributed by atoms with Gasteiger partial charge in [-0.3, -0.25) is 4.79 Å². The fraction of sp³-hybridized carbons (Fsp3) is 0.951. The molecule has 1 fully saturated rings. The van der Waals surface area contributed by atoms with Crippen molar-refractivity contribution in [3.05, 3.63) is 12.2 Å². The number of aliphatic hydroxyl groups is 7. The van der Waals surface area contributed by atoms with Gasteiger partial charge in [0.15, 0.2) is 6.29 Å². The van der Waals surface area contributed by atoms with Crippen LogP contribution in [0.5, 0.6) is 0 Å². The number of carbonyl (C=O) groups is 1. The Hall–Kier alpha value is -1.15. The molecule has 0 spiro atoms. The largest absolute Gasteiger partial charge is 0.394 e. The second-order valence-corrected chi connectivity index (χ2v) is 22.1. The van der Waals surface area contributed by atoms with Crippen LogP contribution in [-0.2, 0) is 14.3 Å². The molecule has 0 saturated carbocycles. The van der Waals surface area contributed by atoms with Gasteiger partial charge in [-0.05, 0) is 38.5 Å². The van der Waals surface area contributed by atoms with Gasteiger partial charge in [0.1, 0.15) is 36.6 Å². The van der Waals surface area contributed by atoms with Crippen molar-refractivity contribution < 1.29 is 50.0 Å². The Kier molecular flexibility index (Phi) is 48.4. The van der Waals surface area contributed by atoms with E-state index in [-0.39, 0.29) is 6.42 Å². The number of hydrogen-bond acceptors (Lipinski definition) is 10. The first kappa shape index (κ1) is 68.9. The van der Waals surface area contributed by atoms with E-state index in [1.807, 2.05) is 0 Å². The average molecular weight is 1030 g/mol. The zero-order valence-corrected chi connectivity index (χ0v) is 46.9. The van der Waals surface area contributed by atoms with Gasteiger partial charge in [0.05, 0.1) is 25.4 Å². The molecule has 1 saturated heterocycles. The Morgan fingerprint density at radius 2 is 0.806 bits per heavy atom. The molecular formula is C61H119NO10. The quantitative estimate of drug-likeness (QED) is 0.0215. The first-order valence-electron chi connectivity index (χ1n) is 31.1. The van der Waals surface area contributed by atoms with Crippen LogP contribution in [0.25, 0.3) is 0 Å². The van der Waals surface area contributed by atoms with E-state index < -0.39 is 74.2 Å². The van der Waals surface area contributed by atoms with Gasteiger partial charge in [0.2, 0.25) is 5.91 Å². The molecule has 11 nitrogen and oxygen atoms in total. The summed E-state index contributed by atoms with van der Waals surface area (Å²) < 4.78 is 11.2. The van der Waals surface area contributed by atoms with Crippen molar-refractivity contribution in [2.24, 2.45) is 0 Å². The van der Waals surface area contributed by atoms with Crippen molar-refractivity contribution in [3.63, 3.8) is 0 Å². The smallest absolute Gasteiger partial charge is 0.249 e. The molecule has 9 atom stereocenters. The third-order valence-corrected chi connectivity index (χ3v) is 15.3. The minimum Gasteiger partial charge on any atom is -0.394 e. The Bertz CT molecular complexity index is 1180. The number of allylic oxidation sites excluding steroid dienone is 2. The van der Waals surface area contributed by atoms with Gasteiger partial charge in [0.25, 0.3) is 0 Å². The van der Waals surface area contributed by atoms with Gasteiger partial charge in [-0.15, -0.1) is 0 Å². The molecule has 1 amide bonds. The fourth-order valence-corrected chi connectivity index (χ4v) is 10.3. The summed E-state index contributed by atoms with van der Waals surface area (Å²) in [5.41, 5.74) is 0. The van der Waals surface area contributed by atoms with Crippen molar-refractivity contribution >= 4 is 5.91 Å². The summed E-state index contributed by atoms with van der Waals surface area (Å²) in [5, 5.41) is 76.3. The summed E-state index contributed by atoms with van der Waals surface area (Å²) in [4.78, 5) is 13.2. The van der Waals surface area contributed by atoms with E-state index >= 15 is 0 Å². The van der Waals surface area contributed by atoms with Crippen LogP contribution in [-0.4, -0.2) is 110 Å². The van der Waals surface area contributed by atoms with Gasteiger partial charge in [0, 0.05) is 0 Å². The molecule has 0 aliphatic carbocycles. The molecule has 72 heavy (non-hydrogen) atoms. The van der Waals surface area contributed by atoms with Crippen LogP contribution in [0.2, 0.25) is 0 Å². The maximum Gasteiger partial charge on any atom is 0.249 e. The highest BCUT2D eigenvalue weighted by Gasteiger charge is 2.44. The lowest BCUT2D eigenvalue weighted by atomic mass is 9.98. The van der Waals surface area contributed by atoms with Crippen molar-refractivity contribution in [2.75, 3.05) is 13.2 Å². The molecule has 9 unspecified atom stereocenters. The number of nitrogens with one attached hydrogen (secondary N) is 1. The lowest BCUT2D eigenvalue weighted by molar-refractivity contribution is -0.303. The standard InChI is InChI=1S/C61H119NO10/c1-3-5-7-9-11-13-15-17-19-21-23-24-25-26-27-28-29-30-31-33-35-37-39-41-43-45-47-49-54(65)60(70)62-52(51-71-61-59(69)58(68)57(67)55(50-63)72-61)56(66)53(64)48-46-44-42-40-38-36-34-32-22-20-18-16-14-12-10-8-6-4-2/h26-27,52-59,61,63-69H,3-25,28-51H2,1-2H3,(H,62,70)/b27-26-. The van der Waals surface area contributed by atoms with E-state index in [0.29, 0.717) is 19.3 Å². The first-order chi connectivity index (χ1) is 35.2. The molecule has 0 bridgehead atoms. The molecular weight excluding hydrogens is 907 g/mol. The molecule has 1 aliphatic heterocycles. The molecule has 1 rings (SSSR count). The van der Waals surface area contributed by atoms with E-state index in [9.17, 15) is 40.5 Å². The minimum absolute atomic E-state index is 0.263. The maximum atomic E-state index is 13.2. The van der Waals surface area contributed by atoms with Gasteiger partial charge in [-0.25, -0.2) is 0 Å². The zero-order chi connectivity index (χ0) is 52.5. The van der Waals surface area contributed by atoms with Crippen molar-refractivity contribution in [1.82, 2.24) is 5.32 Å². The normalized spacial score (nSPS) is 20.0. The third-order valence-electron chi connectivity index (χ3n) is 15.3. The molecule has 0 radical (unpaired) electrons. The first-order valence-corrected chi connectivity index (χ1v) is 31.1. The second-order valence-electron chi connectivity index (χ2n) is 22.1. The predicted octanol–water partition coefficient (Wildman–Crippen LogP) is 13.5. The molecule has 0 aromatic rings. The second kappa shape index (κ2) is 50.7. The Morgan fingerprint density at radius 3 is 1.17 bits per heavy atom. The lowest BCUT2D eigenvalue weighted by Crippen LogP contribution is -2.60. The van der Waals surface area contributed by atoms with Crippen LogP contribution in [0.4, 0.5) is 0 Å². The number of unbranched alkanes of at least 4 members (excludes halogenated alkanes) is 40. The minimum atomic E-state index is -1.66. The number of carbonyl (C=O) groups excluding carboxylic acids is 1. The topological polar surface area (TPSA) is 189 Å². The van der Waals surface area contributed by atoms with Gasteiger partial charge in [-0.1, -0.05) is 276 Å². The summed E-state index contributed by atoms with van der Waals surface area (Å²) >= 11 is 0. The van der Waals surface area contributed by atoms with Crippen LogP contribution in [0.15, 0.2) is 12.2 Å². The maximum absolute atomic E-state index is 13.2. The molecule has 8 N–H and O–H groups in total. The monoisotopic (exact) mass is 1030 g/mol. The SMILES string of the molecule is CCCCCCCCCCCCCC/C=C\CCCCCCCCCCCCCC(O)C(=O)NC(COC1OC(CO)C(O)C(O)C1O)C(O)C(O)CCCCCCCCCCCCCCCCCCCC. The van der Waals surface area contributed by atoms with Crippen LogP contribution in [0.1, 0.15) is 303 Å². The van der Waals surface area contributed by atoms with Crippen LogP contribution < -0.4 is 5.32 Å². The molecule has 11 heteroatoms. The highest BCUT2D eigenvalue weighted by molar-refractivity contribution is 5.80. The van der Waals surface area contributed by atoms with Gasteiger partial charge < -0.3 is 50.5 Å². The lowest BCUT2D eigenvalue weighted by Gasteiger charge is -2.40. The summed E-state index contributed by atoms with van der Waals surface area (Å²) in [6, 6.07) is -1.17. The zero-order valence-electron chi connectivity index (χ0n) is 46.9. The summed E-state index contributed by atoms with van der Waals surface area (Å²) in [6.07, 6.45) is 48.4. The highest BCUT2D eigenvalue weighted by atomic mass is 16.7. The number of ether oxygens (including phenoxy) is 2. The van der Waals surface area contributed by atoms with E-state index in [0.717, 1.165) is 38.5 Å². The third kappa shape index (κ3) is 38.4. The van der Waals surface area contributed by atoms with Gasteiger partial charge >= 0.3 is 0 Å². The molecule has 0 aromatic carbocycles. The van der Waals surface area contributed by atoms with Crippen LogP contribution in [0, 0.1) is 0 Å². The van der Waals surface area contributed by atoms with Crippen molar-refractivity contribution in [3.8, 4) is 0 Å². The van der Waals surface area contributed by atoms with Gasteiger partial charge in [-0.2, -0.15) is 0 Å². The fourth-order valence-electron chi connectivity index (χ4n) is 10.3. The van der Waals surface area contributed by atoms with Crippen molar-refractivity contribution in [2.45, 2.75) is 358 Å². The molecule has 428 valence electrons. The Morgan fingerprint density at radius 1 is 0.472 bits per heavy atom. The molecule has 0 aromatic heterocycles. The van der Waals surface area contributed by atoms with Crippen LogP contribution >= 0.6 is 0 Å². The summed E-state index contributed by atoms with van der Waals surface area (Å²) in [5.74, 6) is -0.692. The van der Waals surface area contributed by atoms with E-state index in [1.54, 1.807) is 0 Å². The number of rotatable bonds is 54. The van der Waals surface area contributed by atoms with E-state index in [1.165, 1.54) is 225 Å².